The van der Waals surface area contributed by atoms with Crippen molar-refractivity contribution in [1.29, 1.82) is 0 Å². The van der Waals surface area contributed by atoms with Crippen LogP contribution < -0.4 is 5.32 Å². The number of imidazole rings is 1. The van der Waals surface area contributed by atoms with E-state index in [1.165, 1.54) is 17.7 Å². The lowest BCUT2D eigenvalue weighted by Crippen LogP contribution is -2.43. The number of hydrogen-bond donors (Lipinski definition) is 2. The zero-order valence-electron chi connectivity index (χ0n) is 12.3. The molecule has 2 aromatic heterocycles. The number of aryl methyl sites for hydroxylation is 1. The quantitative estimate of drug-likeness (QED) is 0.742. The highest BCUT2D eigenvalue weighted by Crippen LogP contribution is 2.23. The average Bonchev–Trinajstić information content (AvgIpc) is 3.14. The number of benzene rings is 1. The number of carbonyl (C=O) groups excluding carboxylic acids is 1. The molecule has 118 valence electrons. The summed E-state index contributed by atoms with van der Waals surface area (Å²) in [5.74, 6) is -1.60. The van der Waals surface area contributed by atoms with E-state index in [1.807, 2.05) is 25.1 Å². The molecule has 8 heteroatoms. The summed E-state index contributed by atoms with van der Waals surface area (Å²) >= 11 is 1.25. The van der Waals surface area contributed by atoms with Crippen LogP contribution in [0.3, 0.4) is 0 Å². The Labute approximate surface area is 135 Å². The molecule has 0 radical (unpaired) electrons. The van der Waals surface area contributed by atoms with E-state index in [4.69, 9.17) is 0 Å². The first-order valence-electron chi connectivity index (χ1n) is 6.89. The van der Waals surface area contributed by atoms with Gasteiger partial charge in [-0.15, -0.1) is 11.3 Å². The maximum absolute atomic E-state index is 12.3. The number of fused-ring (bicyclic) bond motifs is 1. The van der Waals surface area contributed by atoms with Crippen molar-refractivity contribution in [2.75, 3.05) is 0 Å². The number of thiazole rings is 1. The summed E-state index contributed by atoms with van der Waals surface area (Å²) in [6, 6.07) is 4.66. The fourth-order valence-corrected chi connectivity index (χ4v) is 3.11. The Balaban J connectivity index is 1.78. The van der Waals surface area contributed by atoms with E-state index < -0.39 is 17.9 Å². The minimum absolute atomic E-state index is 0.102. The van der Waals surface area contributed by atoms with Gasteiger partial charge < -0.3 is 15.0 Å². The Bertz CT molecular complexity index is 857. The highest BCUT2D eigenvalue weighted by atomic mass is 32.1. The predicted octanol–water partition coefficient (Wildman–Crippen LogP) is 1.68. The average molecular weight is 330 g/mol. The summed E-state index contributed by atoms with van der Waals surface area (Å²) in [4.78, 5) is 31.7. The largest absolute Gasteiger partial charge is 0.480 e. The number of nitrogens with one attached hydrogen (secondary N) is 1. The summed E-state index contributed by atoms with van der Waals surface area (Å²) in [5, 5.41) is 12.0. The molecule has 3 rings (SSSR count). The molecule has 0 saturated heterocycles. The number of nitrogens with zero attached hydrogens (tertiary/aromatic N) is 3. The van der Waals surface area contributed by atoms with E-state index in [9.17, 15) is 14.7 Å². The van der Waals surface area contributed by atoms with Gasteiger partial charge in [-0.25, -0.2) is 14.8 Å². The molecule has 1 amide bonds. The molecule has 0 aliphatic rings. The third-order valence-electron chi connectivity index (χ3n) is 3.29. The maximum atomic E-state index is 12.3. The van der Waals surface area contributed by atoms with E-state index >= 15 is 0 Å². The highest BCUT2D eigenvalue weighted by Gasteiger charge is 2.23. The van der Waals surface area contributed by atoms with Gasteiger partial charge in [0.25, 0.3) is 5.91 Å². The minimum Gasteiger partial charge on any atom is -0.480 e. The Morgan fingerprint density at radius 2 is 2.26 bits per heavy atom. The summed E-state index contributed by atoms with van der Waals surface area (Å²) in [6.07, 6.45) is 4.70. The van der Waals surface area contributed by atoms with Crippen molar-refractivity contribution in [3.05, 3.63) is 47.5 Å². The zero-order valence-corrected chi connectivity index (χ0v) is 13.1. The molecule has 0 bridgehead atoms. The normalized spacial score (nSPS) is 12.2. The van der Waals surface area contributed by atoms with Crippen LogP contribution in [0.15, 0.2) is 36.9 Å². The van der Waals surface area contributed by atoms with Gasteiger partial charge in [0.15, 0.2) is 5.01 Å². The first-order valence-corrected chi connectivity index (χ1v) is 7.71. The molecule has 0 aliphatic carbocycles. The van der Waals surface area contributed by atoms with Crippen LogP contribution in [0.4, 0.5) is 0 Å². The third-order valence-corrected chi connectivity index (χ3v) is 4.31. The topological polar surface area (TPSA) is 97.1 Å². The van der Waals surface area contributed by atoms with Crippen molar-refractivity contribution in [2.45, 2.75) is 19.5 Å². The Morgan fingerprint density at radius 3 is 2.96 bits per heavy atom. The molecule has 1 aromatic carbocycles. The zero-order chi connectivity index (χ0) is 16.4. The van der Waals surface area contributed by atoms with E-state index in [1.54, 1.807) is 17.0 Å². The maximum Gasteiger partial charge on any atom is 0.328 e. The highest BCUT2D eigenvalue weighted by molar-refractivity contribution is 7.20. The van der Waals surface area contributed by atoms with E-state index in [0.717, 1.165) is 15.8 Å². The van der Waals surface area contributed by atoms with Crippen LogP contribution in [0.2, 0.25) is 0 Å². The Morgan fingerprint density at radius 1 is 1.43 bits per heavy atom. The third kappa shape index (κ3) is 3.37. The molecule has 23 heavy (non-hydrogen) atoms. The second-order valence-electron chi connectivity index (χ2n) is 5.11. The molecule has 0 spiro atoms. The van der Waals surface area contributed by atoms with Crippen molar-refractivity contribution < 1.29 is 14.7 Å². The number of carboxylic acids is 1. The molecule has 2 heterocycles. The number of carbonyl (C=O) groups is 2. The molecule has 0 aliphatic heterocycles. The fraction of sp³-hybridized carbons (Fsp3) is 0.200. The van der Waals surface area contributed by atoms with Crippen LogP contribution in [-0.4, -0.2) is 37.6 Å². The van der Waals surface area contributed by atoms with Crippen molar-refractivity contribution in [1.82, 2.24) is 19.9 Å². The van der Waals surface area contributed by atoms with Gasteiger partial charge in [0.2, 0.25) is 0 Å². The van der Waals surface area contributed by atoms with Crippen LogP contribution >= 0.6 is 11.3 Å². The molecule has 1 unspecified atom stereocenters. The van der Waals surface area contributed by atoms with E-state index in [-0.39, 0.29) is 11.6 Å². The van der Waals surface area contributed by atoms with Gasteiger partial charge in [0, 0.05) is 12.4 Å². The molecule has 2 N–H and O–H groups in total. The van der Waals surface area contributed by atoms with Gasteiger partial charge in [-0.2, -0.15) is 0 Å². The summed E-state index contributed by atoms with van der Waals surface area (Å²) < 4.78 is 2.50. The van der Waals surface area contributed by atoms with Gasteiger partial charge in [0.1, 0.15) is 6.04 Å². The van der Waals surface area contributed by atoms with Gasteiger partial charge >= 0.3 is 5.97 Å². The lowest BCUT2D eigenvalue weighted by atomic mass is 10.2. The standard InChI is InChI=1S/C15H14N4O3S/c1-9-2-3-10-12(6-9)23-14(18-10)13(20)17-11(15(21)22)7-19-5-4-16-8-19/h2-6,8,11H,7H2,1H3,(H,17,20)(H,21,22). The summed E-state index contributed by atoms with van der Waals surface area (Å²) in [5.41, 5.74) is 1.81. The first-order chi connectivity index (χ1) is 11.0. The van der Waals surface area contributed by atoms with Crippen molar-refractivity contribution in [3.63, 3.8) is 0 Å². The minimum atomic E-state index is -1.11. The van der Waals surface area contributed by atoms with Crippen LogP contribution in [0.25, 0.3) is 10.2 Å². The fourth-order valence-electron chi connectivity index (χ4n) is 2.14. The molecule has 1 atom stereocenters. The lowest BCUT2D eigenvalue weighted by Gasteiger charge is -2.13. The number of amides is 1. The van der Waals surface area contributed by atoms with Crippen LogP contribution in [0, 0.1) is 6.92 Å². The SMILES string of the molecule is Cc1ccc2nc(C(=O)NC(Cn3ccnc3)C(=O)O)sc2c1. The van der Waals surface area contributed by atoms with Crippen LogP contribution in [0.1, 0.15) is 15.4 Å². The monoisotopic (exact) mass is 330 g/mol. The molecular weight excluding hydrogens is 316 g/mol. The first kappa shape index (κ1) is 15.2. The second-order valence-corrected chi connectivity index (χ2v) is 6.14. The van der Waals surface area contributed by atoms with Gasteiger partial charge in [-0.05, 0) is 24.6 Å². The molecule has 3 aromatic rings. The Hall–Kier alpha value is -2.74. The van der Waals surface area contributed by atoms with Gasteiger partial charge in [0.05, 0.1) is 23.1 Å². The van der Waals surface area contributed by atoms with Crippen molar-refractivity contribution >= 4 is 33.4 Å². The summed E-state index contributed by atoms with van der Waals surface area (Å²) in [7, 11) is 0. The lowest BCUT2D eigenvalue weighted by molar-refractivity contribution is -0.139. The van der Waals surface area contributed by atoms with Gasteiger partial charge in [-0.1, -0.05) is 6.07 Å². The predicted molar refractivity (Wildman–Crippen MR) is 85.5 cm³/mol. The van der Waals surface area contributed by atoms with Gasteiger partial charge in [-0.3, -0.25) is 4.79 Å². The van der Waals surface area contributed by atoms with Crippen LogP contribution in [-0.2, 0) is 11.3 Å². The second kappa shape index (κ2) is 6.17. The molecular formula is C15H14N4O3S. The summed E-state index contributed by atoms with van der Waals surface area (Å²) in [6.45, 7) is 2.07. The number of hydrogen-bond acceptors (Lipinski definition) is 5. The van der Waals surface area contributed by atoms with Crippen LogP contribution in [0.5, 0.6) is 0 Å². The van der Waals surface area contributed by atoms with Crippen molar-refractivity contribution in [2.24, 2.45) is 0 Å². The van der Waals surface area contributed by atoms with E-state index in [0.29, 0.717) is 0 Å². The Kier molecular flexibility index (Phi) is 4.07. The number of rotatable bonds is 5. The molecule has 0 saturated carbocycles. The smallest absolute Gasteiger partial charge is 0.328 e. The van der Waals surface area contributed by atoms with Crippen molar-refractivity contribution in [3.8, 4) is 0 Å². The number of carboxylic acid groups (broad SMARTS) is 1. The molecule has 7 nitrogen and oxygen atoms in total. The van der Waals surface area contributed by atoms with E-state index in [2.05, 4.69) is 15.3 Å². The number of aliphatic carboxylic acids is 1. The molecule has 0 fully saturated rings. The number of aromatic nitrogens is 3.